The lowest BCUT2D eigenvalue weighted by atomic mass is 9.99. The molecular weight excluding hydrogens is 465 g/mol. The second-order valence-corrected chi connectivity index (χ2v) is 8.51. The van der Waals surface area contributed by atoms with Crippen molar-refractivity contribution in [1.82, 2.24) is 23.9 Å². The Morgan fingerprint density at radius 1 is 1.26 bits per heavy atom. The van der Waals surface area contributed by atoms with Crippen LogP contribution in [0.1, 0.15) is 15.9 Å². The van der Waals surface area contributed by atoms with Crippen LogP contribution in [0.4, 0.5) is 16.0 Å². The van der Waals surface area contributed by atoms with Gasteiger partial charge in [0.25, 0.3) is 0 Å². The van der Waals surface area contributed by atoms with Crippen molar-refractivity contribution in [2.45, 2.75) is 6.92 Å². The monoisotopic (exact) mass is 481 g/mol. The molecule has 4 aromatic heterocycles. The van der Waals surface area contributed by atoms with Gasteiger partial charge >= 0.3 is 5.97 Å². The normalized spacial score (nSPS) is 13.6. The van der Waals surface area contributed by atoms with Gasteiger partial charge in [0.2, 0.25) is 16.5 Å². The summed E-state index contributed by atoms with van der Waals surface area (Å²) in [6.45, 7) is 2.31. The molecule has 0 saturated carbocycles. The van der Waals surface area contributed by atoms with Crippen molar-refractivity contribution in [1.29, 1.82) is 0 Å². The predicted molar refractivity (Wildman–Crippen MR) is 121 cm³/mol. The molecule has 1 saturated heterocycles. The zero-order chi connectivity index (χ0) is 24.0. The van der Waals surface area contributed by atoms with Gasteiger partial charge < -0.3 is 15.3 Å². The molecule has 13 heteroatoms. The van der Waals surface area contributed by atoms with Gasteiger partial charge in [-0.1, -0.05) is 6.07 Å². The van der Waals surface area contributed by atoms with Crippen LogP contribution in [0, 0.1) is 18.7 Å². The first-order valence-electron chi connectivity index (χ1n) is 10.1. The highest BCUT2D eigenvalue weighted by Gasteiger charge is 2.35. The number of amides is 1. The second-order valence-electron chi connectivity index (χ2n) is 7.75. The van der Waals surface area contributed by atoms with Crippen molar-refractivity contribution in [2.75, 3.05) is 23.3 Å². The van der Waals surface area contributed by atoms with Crippen LogP contribution in [0.5, 0.6) is 0 Å². The maximum absolute atomic E-state index is 15.0. The summed E-state index contributed by atoms with van der Waals surface area (Å²) in [6.07, 6.45) is 4.02. The van der Waals surface area contributed by atoms with Gasteiger partial charge in [0, 0.05) is 37.0 Å². The van der Waals surface area contributed by atoms with E-state index in [2.05, 4.69) is 24.6 Å². The first-order valence-corrected chi connectivity index (χ1v) is 10.8. The van der Waals surface area contributed by atoms with Gasteiger partial charge in [0.05, 0.1) is 11.3 Å². The Kier molecular flexibility index (Phi) is 5.24. The molecule has 1 aliphatic rings. The zero-order valence-corrected chi connectivity index (χ0v) is 18.4. The lowest BCUT2D eigenvalue weighted by Gasteiger charge is -2.39. The highest BCUT2D eigenvalue weighted by atomic mass is 32.1. The van der Waals surface area contributed by atoms with E-state index in [0.717, 1.165) is 29.4 Å². The molecule has 1 aliphatic heterocycles. The summed E-state index contributed by atoms with van der Waals surface area (Å²) < 4.78 is 20.2. The molecule has 0 aromatic carbocycles. The van der Waals surface area contributed by atoms with Crippen LogP contribution in [0.15, 0.2) is 41.7 Å². The third-order valence-electron chi connectivity index (χ3n) is 5.41. The van der Waals surface area contributed by atoms with Gasteiger partial charge in [-0.15, -0.1) is 0 Å². The fourth-order valence-corrected chi connectivity index (χ4v) is 4.11. The van der Waals surface area contributed by atoms with E-state index in [4.69, 9.17) is 0 Å². The molecule has 0 bridgehead atoms. The number of aromatic nitrogens is 5. The first kappa shape index (κ1) is 21.6. The number of nitrogens with one attached hydrogen (secondary N) is 1. The molecule has 5 rings (SSSR count). The Hall–Kier alpha value is -4.26. The number of fused-ring (bicyclic) bond motifs is 1. The number of anilines is 2. The van der Waals surface area contributed by atoms with E-state index in [1.807, 2.05) is 13.0 Å². The molecule has 2 N–H and O–H groups in total. The molecule has 0 atom stereocenters. The van der Waals surface area contributed by atoms with E-state index in [1.54, 1.807) is 17.2 Å². The summed E-state index contributed by atoms with van der Waals surface area (Å²) in [5.74, 6) is -2.51. The Balaban J connectivity index is 1.45. The second kappa shape index (κ2) is 8.26. The van der Waals surface area contributed by atoms with Crippen LogP contribution in [-0.4, -0.2) is 54.0 Å². The molecule has 172 valence electrons. The van der Waals surface area contributed by atoms with Gasteiger partial charge in [0.15, 0.2) is 17.3 Å². The Morgan fingerprint density at radius 3 is 2.71 bits per heavy atom. The predicted octanol–water partition coefficient (Wildman–Crippen LogP) is 1.85. The summed E-state index contributed by atoms with van der Waals surface area (Å²) in [6, 6.07) is 4.50. The number of hydrogen-bond acceptors (Lipinski definition) is 9. The summed E-state index contributed by atoms with van der Waals surface area (Å²) in [7, 11) is 0. The molecule has 4 aromatic rings. The van der Waals surface area contributed by atoms with Crippen molar-refractivity contribution in [2.24, 2.45) is 5.92 Å². The Labute approximate surface area is 194 Å². The Bertz CT molecular complexity index is 1480. The number of carboxylic acid groups (broad SMARTS) is 1. The Morgan fingerprint density at radius 2 is 2.06 bits per heavy atom. The summed E-state index contributed by atoms with van der Waals surface area (Å²) in [5.41, 5.74) is -0.386. The number of aromatic carboxylic acids is 1. The minimum absolute atomic E-state index is 0.0416. The summed E-state index contributed by atoms with van der Waals surface area (Å²) >= 11 is 0.962. The number of rotatable bonds is 5. The fourth-order valence-electron chi connectivity index (χ4n) is 3.60. The lowest BCUT2D eigenvalue weighted by molar-refractivity contribution is -0.120. The maximum atomic E-state index is 15.0. The number of carbonyl (C=O) groups is 2. The number of carbonyl (C=O) groups excluding carboxylic acids is 1. The average Bonchev–Trinajstić information content (AvgIpc) is 3.30. The largest absolute Gasteiger partial charge is 0.477 e. The van der Waals surface area contributed by atoms with E-state index in [1.165, 1.54) is 10.9 Å². The molecule has 5 heterocycles. The number of halogens is 1. The highest BCUT2D eigenvalue weighted by Crippen LogP contribution is 2.29. The fraction of sp³-hybridized carbons (Fsp3) is 0.190. The van der Waals surface area contributed by atoms with E-state index >= 15 is 0 Å². The SMILES string of the molecule is Cc1ccc(NC(=O)C2CN(c3nc4c(cc3F)c(=O)c(C(=O)O)cn4-c3ncns3)C2)nc1. The molecule has 0 radical (unpaired) electrons. The van der Waals surface area contributed by atoms with Gasteiger partial charge in [-0.25, -0.2) is 24.1 Å². The number of nitrogens with zero attached hydrogens (tertiary/aromatic N) is 6. The maximum Gasteiger partial charge on any atom is 0.341 e. The first-order chi connectivity index (χ1) is 16.3. The molecule has 0 aliphatic carbocycles. The van der Waals surface area contributed by atoms with Crippen molar-refractivity contribution < 1.29 is 19.1 Å². The smallest absolute Gasteiger partial charge is 0.341 e. The summed E-state index contributed by atoms with van der Waals surface area (Å²) in [4.78, 5) is 50.8. The molecule has 34 heavy (non-hydrogen) atoms. The lowest BCUT2D eigenvalue weighted by Crippen LogP contribution is -2.52. The van der Waals surface area contributed by atoms with Crippen molar-refractivity contribution in [3.8, 4) is 5.13 Å². The number of pyridine rings is 3. The highest BCUT2D eigenvalue weighted by molar-refractivity contribution is 7.08. The van der Waals surface area contributed by atoms with Crippen LogP contribution in [0.25, 0.3) is 16.2 Å². The molecule has 0 unspecified atom stereocenters. The minimum Gasteiger partial charge on any atom is -0.477 e. The number of aryl methyl sites for hydroxylation is 1. The molecule has 0 spiro atoms. The van der Waals surface area contributed by atoms with E-state index < -0.39 is 28.7 Å². The van der Waals surface area contributed by atoms with E-state index in [-0.39, 0.29) is 41.0 Å². The molecule has 11 nitrogen and oxygen atoms in total. The number of carboxylic acids is 1. The molecule has 1 fully saturated rings. The standard InChI is InChI=1S/C21H16FN7O4S/c1-10-2-3-15(23-5-10)26-19(31)11-6-28(7-11)18-14(22)4-12-16(30)13(20(32)33)8-29(17(12)27-18)21-24-9-25-34-21/h2-5,8-9,11H,6-7H2,1H3,(H,32,33)(H,23,26,31). The van der Waals surface area contributed by atoms with Crippen LogP contribution >= 0.6 is 11.5 Å². The molecular formula is C21H16FN7O4S. The van der Waals surface area contributed by atoms with Crippen molar-refractivity contribution in [3.63, 3.8) is 0 Å². The average molecular weight is 481 g/mol. The van der Waals surface area contributed by atoms with Crippen molar-refractivity contribution >= 4 is 46.1 Å². The third-order valence-corrected chi connectivity index (χ3v) is 6.08. The summed E-state index contributed by atoms with van der Waals surface area (Å²) in [5, 5.41) is 12.2. The quantitative estimate of drug-likeness (QED) is 0.436. The third kappa shape index (κ3) is 3.75. The minimum atomic E-state index is -1.45. The van der Waals surface area contributed by atoms with E-state index in [9.17, 15) is 23.9 Å². The van der Waals surface area contributed by atoms with Gasteiger partial charge in [-0.3, -0.25) is 14.2 Å². The zero-order valence-electron chi connectivity index (χ0n) is 17.6. The van der Waals surface area contributed by atoms with E-state index in [0.29, 0.717) is 5.82 Å². The van der Waals surface area contributed by atoms with Crippen LogP contribution in [0.3, 0.4) is 0 Å². The van der Waals surface area contributed by atoms with Gasteiger partial charge in [-0.2, -0.15) is 4.37 Å². The van der Waals surface area contributed by atoms with Gasteiger partial charge in [-0.05, 0) is 24.6 Å². The van der Waals surface area contributed by atoms with Crippen LogP contribution < -0.4 is 15.6 Å². The topological polar surface area (TPSA) is 143 Å². The number of hydrogen-bond donors (Lipinski definition) is 2. The van der Waals surface area contributed by atoms with Crippen molar-refractivity contribution in [3.05, 3.63) is 64.1 Å². The molecule has 1 amide bonds. The van der Waals surface area contributed by atoms with Crippen LogP contribution in [-0.2, 0) is 4.79 Å². The van der Waals surface area contributed by atoms with Gasteiger partial charge in [0.1, 0.15) is 17.7 Å². The van der Waals surface area contributed by atoms with Crippen LogP contribution in [0.2, 0.25) is 0 Å².